The van der Waals surface area contributed by atoms with Crippen LogP contribution in [0.5, 0.6) is 11.5 Å². The molecule has 0 saturated heterocycles. The minimum absolute atomic E-state index is 0.0107. The third-order valence-electron chi connectivity index (χ3n) is 2.93. The Hall–Kier alpha value is -1.92. The van der Waals surface area contributed by atoms with Gasteiger partial charge >= 0.3 is 0 Å². The molecule has 0 radical (unpaired) electrons. The van der Waals surface area contributed by atoms with Gasteiger partial charge in [-0.25, -0.2) is 0 Å². The van der Waals surface area contributed by atoms with Crippen LogP contribution in [0.15, 0.2) is 40.9 Å². The Labute approximate surface area is 131 Å². The zero-order chi connectivity index (χ0) is 15.4. The van der Waals surface area contributed by atoms with Crippen molar-refractivity contribution in [1.29, 1.82) is 0 Å². The standard InChI is InChI=1S/C15H15BrN2O3/c1-10-3-4-11(9-17-2)5-15(10)21-14-7-12(16)6-13(8-14)18(19)20/h3-8,17H,9H2,1-2H3. The van der Waals surface area contributed by atoms with Crippen molar-refractivity contribution in [3.8, 4) is 11.5 Å². The topological polar surface area (TPSA) is 64.4 Å². The number of ether oxygens (including phenoxy) is 1. The van der Waals surface area contributed by atoms with Crippen LogP contribution in [-0.2, 0) is 6.54 Å². The van der Waals surface area contributed by atoms with E-state index < -0.39 is 4.92 Å². The SMILES string of the molecule is CNCc1ccc(C)c(Oc2cc(Br)cc([N+](=O)[O-])c2)c1. The minimum atomic E-state index is -0.443. The Kier molecular flexibility index (Phi) is 4.93. The van der Waals surface area contributed by atoms with E-state index in [1.807, 2.05) is 32.2 Å². The fourth-order valence-corrected chi connectivity index (χ4v) is 2.37. The molecule has 5 nitrogen and oxygen atoms in total. The summed E-state index contributed by atoms with van der Waals surface area (Å²) >= 11 is 3.26. The summed E-state index contributed by atoms with van der Waals surface area (Å²) in [5.41, 5.74) is 2.04. The molecule has 0 amide bonds. The van der Waals surface area contributed by atoms with E-state index in [2.05, 4.69) is 21.2 Å². The first-order valence-electron chi connectivity index (χ1n) is 6.36. The number of non-ortho nitro benzene ring substituents is 1. The first kappa shape index (κ1) is 15.5. The number of nitro groups is 1. The number of hydrogen-bond donors (Lipinski definition) is 1. The van der Waals surface area contributed by atoms with Crippen LogP contribution >= 0.6 is 15.9 Å². The van der Waals surface area contributed by atoms with Crippen molar-refractivity contribution in [2.45, 2.75) is 13.5 Å². The van der Waals surface area contributed by atoms with Crippen molar-refractivity contribution in [2.24, 2.45) is 0 Å². The van der Waals surface area contributed by atoms with E-state index in [1.54, 1.807) is 6.07 Å². The molecule has 2 aromatic rings. The molecule has 2 rings (SSSR count). The molecule has 0 unspecified atom stereocenters. The maximum Gasteiger partial charge on any atom is 0.274 e. The summed E-state index contributed by atoms with van der Waals surface area (Å²) in [6.45, 7) is 2.67. The van der Waals surface area contributed by atoms with Crippen LogP contribution in [0.1, 0.15) is 11.1 Å². The molecular weight excluding hydrogens is 336 g/mol. The van der Waals surface area contributed by atoms with Gasteiger partial charge in [0.25, 0.3) is 5.69 Å². The minimum Gasteiger partial charge on any atom is -0.457 e. The van der Waals surface area contributed by atoms with Crippen LogP contribution < -0.4 is 10.1 Å². The molecule has 0 aliphatic rings. The molecule has 0 spiro atoms. The zero-order valence-corrected chi connectivity index (χ0v) is 13.3. The number of rotatable bonds is 5. The van der Waals surface area contributed by atoms with E-state index >= 15 is 0 Å². The van der Waals surface area contributed by atoms with Crippen LogP contribution in [0.3, 0.4) is 0 Å². The molecule has 21 heavy (non-hydrogen) atoms. The maximum atomic E-state index is 10.9. The number of nitrogens with one attached hydrogen (secondary N) is 1. The van der Waals surface area contributed by atoms with Crippen LogP contribution in [0, 0.1) is 17.0 Å². The smallest absolute Gasteiger partial charge is 0.274 e. The first-order chi connectivity index (χ1) is 9.99. The predicted molar refractivity (Wildman–Crippen MR) is 84.8 cm³/mol. The van der Waals surface area contributed by atoms with Gasteiger partial charge in [-0.1, -0.05) is 28.1 Å². The molecule has 1 N–H and O–H groups in total. The predicted octanol–water partition coefficient (Wildman–Crippen LogP) is 4.18. The van der Waals surface area contributed by atoms with Gasteiger partial charge < -0.3 is 10.1 Å². The molecular formula is C15H15BrN2O3. The zero-order valence-electron chi connectivity index (χ0n) is 11.7. The highest BCUT2D eigenvalue weighted by molar-refractivity contribution is 9.10. The van der Waals surface area contributed by atoms with Crippen molar-refractivity contribution in [3.63, 3.8) is 0 Å². The summed E-state index contributed by atoms with van der Waals surface area (Å²) in [5, 5.41) is 14.0. The molecule has 0 atom stereocenters. The molecule has 0 aromatic heterocycles. The van der Waals surface area contributed by atoms with Crippen molar-refractivity contribution in [1.82, 2.24) is 5.32 Å². The highest BCUT2D eigenvalue weighted by atomic mass is 79.9. The fraction of sp³-hybridized carbons (Fsp3) is 0.200. The van der Waals surface area contributed by atoms with Crippen LogP contribution in [0.2, 0.25) is 0 Å². The molecule has 0 fully saturated rings. The fourth-order valence-electron chi connectivity index (χ4n) is 1.91. The summed E-state index contributed by atoms with van der Waals surface area (Å²) in [4.78, 5) is 10.4. The van der Waals surface area contributed by atoms with Gasteiger partial charge in [-0.15, -0.1) is 0 Å². The van der Waals surface area contributed by atoms with Crippen molar-refractivity contribution < 1.29 is 9.66 Å². The van der Waals surface area contributed by atoms with Crippen LogP contribution in [0.4, 0.5) is 5.69 Å². The Balaban J connectivity index is 2.33. The van der Waals surface area contributed by atoms with Gasteiger partial charge in [0.05, 0.1) is 11.0 Å². The lowest BCUT2D eigenvalue weighted by molar-refractivity contribution is -0.385. The van der Waals surface area contributed by atoms with Gasteiger partial charge in [0.15, 0.2) is 0 Å². The Morgan fingerprint density at radius 2 is 2.05 bits per heavy atom. The average Bonchev–Trinajstić information content (AvgIpc) is 2.42. The molecule has 0 bridgehead atoms. The molecule has 110 valence electrons. The van der Waals surface area contributed by atoms with Gasteiger partial charge in [-0.05, 0) is 37.2 Å². The highest BCUT2D eigenvalue weighted by Gasteiger charge is 2.11. The van der Waals surface area contributed by atoms with E-state index in [-0.39, 0.29) is 5.69 Å². The third kappa shape index (κ3) is 4.03. The van der Waals surface area contributed by atoms with Gasteiger partial charge in [-0.2, -0.15) is 0 Å². The first-order valence-corrected chi connectivity index (χ1v) is 7.16. The van der Waals surface area contributed by atoms with Crippen LogP contribution in [-0.4, -0.2) is 12.0 Å². The Morgan fingerprint density at radius 3 is 2.71 bits per heavy atom. The number of halogens is 1. The summed E-state index contributed by atoms with van der Waals surface area (Å²) in [7, 11) is 1.87. The second-order valence-electron chi connectivity index (χ2n) is 4.63. The third-order valence-corrected chi connectivity index (χ3v) is 3.39. The largest absolute Gasteiger partial charge is 0.457 e. The van der Waals surface area contributed by atoms with Gasteiger partial charge in [0, 0.05) is 17.1 Å². The highest BCUT2D eigenvalue weighted by Crippen LogP contribution is 2.31. The summed E-state index contributed by atoms with van der Waals surface area (Å²) < 4.78 is 6.41. The van der Waals surface area contributed by atoms with Gasteiger partial charge in [0.1, 0.15) is 11.5 Å². The second kappa shape index (κ2) is 6.69. The quantitative estimate of drug-likeness (QED) is 0.648. The van der Waals surface area contributed by atoms with E-state index in [0.717, 1.165) is 17.7 Å². The molecule has 2 aromatic carbocycles. The summed E-state index contributed by atoms with van der Waals surface area (Å²) in [6, 6.07) is 10.5. The van der Waals surface area contributed by atoms with Gasteiger partial charge in [0.2, 0.25) is 0 Å². The van der Waals surface area contributed by atoms with E-state index in [4.69, 9.17) is 4.74 Å². The average molecular weight is 351 g/mol. The Bertz CT molecular complexity index is 674. The lowest BCUT2D eigenvalue weighted by atomic mass is 10.1. The summed E-state index contributed by atoms with van der Waals surface area (Å²) in [6.07, 6.45) is 0. The van der Waals surface area contributed by atoms with Crippen molar-refractivity contribution in [3.05, 3.63) is 62.1 Å². The monoisotopic (exact) mass is 350 g/mol. The number of aryl methyl sites for hydroxylation is 1. The van der Waals surface area contributed by atoms with Crippen LogP contribution in [0.25, 0.3) is 0 Å². The van der Waals surface area contributed by atoms with E-state index in [1.165, 1.54) is 12.1 Å². The molecule has 0 saturated carbocycles. The number of hydrogen-bond acceptors (Lipinski definition) is 4. The van der Waals surface area contributed by atoms with E-state index in [0.29, 0.717) is 16.0 Å². The second-order valence-corrected chi connectivity index (χ2v) is 5.55. The lowest BCUT2D eigenvalue weighted by Crippen LogP contribution is -2.05. The molecule has 6 heteroatoms. The van der Waals surface area contributed by atoms with E-state index in [9.17, 15) is 10.1 Å². The van der Waals surface area contributed by atoms with Gasteiger partial charge in [-0.3, -0.25) is 10.1 Å². The Morgan fingerprint density at radius 1 is 1.29 bits per heavy atom. The maximum absolute atomic E-state index is 10.9. The summed E-state index contributed by atoms with van der Waals surface area (Å²) in [5.74, 6) is 1.12. The normalized spacial score (nSPS) is 10.4. The molecule has 0 aliphatic carbocycles. The molecule has 0 aliphatic heterocycles. The number of benzene rings is 2. The lowest BCUT2D eigenvalue weighted by Gasteiger charge is -2.11. The van der Waals surface area contributed by atoms with Crippen molar-refractivity contribution >= 4 is 21.6 Å². The van der Waals surface area contributed by atoms with Crippen molar-refractivity contribution in [2.75, 3.05) is 7.05 Å². The molecule has 0 heterocycles. The number of nitro benzene ring substituents is 1. The number of nitrogens with zero attached hydrogens (tertiary/aromatic N) is 1.